The topological polar surface area (TPSA) is 59.2 Å². The fraction of sp³-hybridized carbons (Fsp3) is 0.500. The Morgan fingerprint density at radius 2 is 2.50 bits per heavy atom. The van der Waals surface area contributed by atoms with E-state index in [-0.39, 0.29) is 5.91 Å². The van der Waals surface area contributed by atoms with Crippen LogP contribution < -0.4 is 0 Å². The minimum absolute atomic E-state index is 0.0570. The summed E-state index contributed by atoms with van der Waals surface area (Å²) in [5.41, 5.74) is 0.821. The van der Waals surface area contributed by atoms with Crippen LogP contribution in [0.5, 0.6) is 0 Å². The monoisotopic (exact) mass is 291 g/mol. The molecule has 0 bridgehead atoms. The van der Waals surface area contributed by atoms with Gasteiger partial charge in [-0.1, -0.05) is 12.1 Å². The minimum atomic E-state index is -0.0570. The third kappa shape index (κ3) is 2.60. The Morgan fingerprint density at radius 3 is 3.20 bits per heavy atom. The van der Waals surface area contributed by atoms with Crippen molar-refractivity contribution in [2.24, 2.45) is 0 Å². The van der Waals surface area contributed by atoms with E-state index in [1.807, 2.05) is 23.4 Å². The van der Waals surface area contributed by atoms with Crippen molar-refractivity contribution in [1.29, 1.82) is 0 Å². The Hall–Kier alpha value is -1.69. The maximum atomic E-state index is 12.4. The number of hydrogen-bond acceptors (Lipinski definition) is 5. The first-order chi connectivity index (χ1) is 9.78. The summed E-state index contributed by atoms with van der Waals surface area (Å²) in [7, 11) is 0. The van der Waals surface area contributed by atoms with Gasteiger partial charge in [0, 0.05) is 36.7 Å². The average Bonchev–Trinajstić information content (AvgIpc) is 3.17. The Bertz CT molecular complexity index is 579. The van der Waals surface area contributed by atoms with Gasteiger partial charge in [-0.3, -0.25) is 4.79 Å². The van der Waals surface area contributed by atoms with Crippen molar-refractivity contribution in [2.45, 2.75) is 32.1 Å². The number of amides is 1. The number of nitrogens with zero attached hydrogens (tertiary/aromatic N) is 3. The SMILES string of the molecule is CCc1cc(C(=O)N2CCC[C@H](c3nccs3)C2)on1. The molecule has 0 spiro atoms. The summed E-state index contributed by atoms with van der Waals surface area (Å²) in [6, 6.07) is 1.75. The minimum Gasteiger partial charge on any atom is -0.351 e. The lowest BCUT2D eigenvalue weighted by molar-refractivity contribution is 0.0665. The molecule has 20 heavy (non-hydrogen) atoms. The number of thiazole rings is 1. The molecule has 0 saturated carbocycles. The fourth-order valence-electron chi connectivity index (χ4n) is 2.53. The second kappa shape index (κ2) is 5.75. The van der Waals surface area contributed by atoms with Crippen LogP contribution in [-0.2, 0) is 6.42 Å². The standard InChI is InChI=1S/C14H17N3O2S/c1-2-11-8-12(19-16-11)14(18)17-6-3-4-10(9-17)13-15-5-7-20-13/h5,7-8,10H,2-4,6,9H2,1H3/t10-/m0/s1. The summed E-state index contributed by atoms with van der Waals surface area (Å²) < 4.78 is 5.14. The fourth-order valence-corrected chi connectivity index (χ4v) is 3.30. The highest BCUT2D eigenvalue weighted by Gasteiger charge is 2.28. The molecule has 1 saturated heterocycles. The van der Waals surface area contributed by atoms with Gasteiger partial charge in [0.2, 0.25) is 5.76 Å². The molecule has 2 aromatic heterocycles. The molecule has 0 unspecified atom stereocenters. The van der Waals surface area contributed by atoms with Crippen LogP contribution in [-0.4, -0.2) is 34.0 Å². The average molecular weight is 291 g/mol. The molecule has 1 aliphatic heterocycles. The summed E-state index contributed by atoms with van der Waals surface area (Å²) in [6.07, 6.45) is 4.70. The Balaban J connectivity index is 1.71. The Morgan fingerprint density at radius 1 is 1.60 bits per heavy atom. The van der Waals surface area contributed by atoms with E-state index in [2.05, 4.69) is 10.1 Å². The molecule has 1 amide bonds. The Labute approximate surface area is 121 Å². The number of piperidine rings is 1. The van der Waals surface area contributed by atoms with Gasteiger partial charge in [-0.25, -0.2) is 4.98 Å². The number of likely N-dealkylation sites (tertiary alicyclic amines) is 1. The second-order valence-corrected chi connectivity index (χ2v) is 5.92. The smallest absolute Gasteiger partial charge is 0.292 e. The number of aryl methyl sites for hydroxylation is 1. The molecule has 2 aromatic rings. The van der Waals surface area contributed by atoms with Crippen LogP contribution >= 0.6 is 11.3 Å². The van der Waals surface area contributed by atoms with Gasteiger partial charge in [0.15, 0.2) is 0 Å². The molecule has 0 aromatic carbocycles. The molecule has 3 rings (SSSR count). The van der Waals surface area contributed by atoms with Gasteiger partial charge in [-0.05, 0) is 19.3 Å². The van der Waals surface area contributed by atoms with E-state index < -0.39 is 0 Å². The molecule has 6 heteroatoms. The molecule has 1 atom stereocenters. The molecule has 1 aliphatic rings. The Kier molecular flexibility index (Phi) is 3.82. The van der Waals surface area contributed by atoms with E-state index in [9.17, 15) is 4.79 Å². The number of aromatic nitrogens is 2. The van der Waals surface area contributed by atoms with Crippen molar-refractivity contribution >= 4 is 17.2 Å². The van der Waals surface area contributed by atoms with Crippen molar-refractivity contribution in [1.82, 2.24) is 15.0 Å². The van der Waals surface area contributed by atoms with Gasteiger partial charge in [-0.15, -0.1) is 11.3 Å². The summed E-state index contributed by atoms with van der Waals surface area (Å²) in [5.74, 6) is 0.640. The van der Waals surface area contributed by atoms with Crippen molar-refractivity contribution in [3.63, 3.8) is 0 Å². The summed E-state index contributed by atoms with van der Waals surface area (Å²) in [4.78, 5) is 18.6. The van der Waals surface area contributed by atoms with E-state index in [0.29, 0.717) is 18.2 Å². The zero-order chi connectivity index (χ0) is 13.9. The van der Waals surface area contributed by atoms with Crippen molar-refractivity contribution < 1.29 is 9.32 Å². The van der Waals surface area contributed by atoms with Crippen molar-refractivity contribution in [3.8, 4) is 0 Å². The molecule has 1 fully saturated rings. The van der Waals surface area contributed by atoms with E-state index in [4.69, 9.17) is 4.52 Å². The lowest BCUT2D eigenvalue weighted by Gasteiger charge is -2.31. The van der Waals surface area contributed by atoms with Crippen LogP contribution in [0.3, 0.4) is 0 Å². The van der Waals surface area contributed by atoms with Crippen LogP contribution in [0.25, 0.3) is 0 Å². The predicted molar refractivity (Wildman–Crippen MR) is 75.9 cm³/mol. The van der Waals surface area contributed by atoms with Crippen LogP contribution in [0.2, 0.25) is 0 Å². The van der Waals surface area contributed by atoms with Gasteiger partial charge in [0.1, 0.15) is 0 Å². The molecule has 3 heterocycles. The van der Waals surface area contributed by atoms with Crippen LogP contribution in [0, 0.1) is 0 Å². The number of hydrogen-bond donors (Lipinski definition) is 0. The third-order valence-corrected chi connectivity index (χ3v) is 4.58. The first kappa shape index (κ1) is 13.3. The molecular weight excluding hydrogens is 274 g/mol. The molecule has 0 radical (unpaired) electrons. The predicted octanol–water partition coefficient (Wildman–Crippen LogP) is 2.71. The maximum absolute atomic E-state index is 12.4. The summed E-state index contributed by atoms with van der Waals surface area (Å²) in [5, 5.41) is 6.99. The van der Waals surface area contributed by atoms with Gasteiger partial charge in [-0.2, -0.15) is 0 Å². The van der Waals surface area contributed by atoms with Gasteiger partial charge in [0.05, 0.1) is 10.7 Å². The second-order valence-electron chi connectivity index (χ2n) is 5.00. The quantitative estimate of drug-likeness (QED) is 0.872. The van der Waals surface area contributed by atoms with E-state index in [1.165, 1.54) is 0 Å². The molecule has 0 aliphatic carbocycles. The van der Waals surface area contributed by atoms with Crippen LogP contribution in [0.15, 0.2) is 22.2 Å². The van der Waals surface area contributed by atoms with Crippen LogP contribution in [0.1, 0.15) is 46.9 Å². The lowest BCUT2D eigenvalue weighted by Crippen LogP contribution is -2.38. The molecule has 0 N–H and O–H groups in total. The molecule has 106 valence electrons. The number of carbonyl (C=O) groups is 1. The largest absolute Gasteiger partial charge is 0.351 e. The van der Waals surface area contributed by atoms with E-state index in [1.54, 1.807) is 17.4 Å². The van der Waals surface area contributed by atoms with Gasteiger partial charge in [0.25, 0.3) is 5.91 Å². The first-order valence-corrected chi connectivity index (χ1v) is 7.80. The summed E-state index contributed by atoms with van der Waals surface area (Å²) >= 11 is 1.66. The highest BCUT2D eigenvalue weighted by molar-refractivity contribution is 7.09. The zero-order valence-electron chi connectivity index (χ0n) is 11.4. The van der Waals surface area contributed by atoms with Crippen LogP contribution in [0.4, 0.5) is 0 Å². The first-order valence-electron chi connectivity index (χ1n) is 6.92. The normalized spacial score (nSPS) is 19.2. The van der Waals surface area contributed by atoms with Gasteiger partial charge < -0.3 is 9.42 Å². The highest BCUT2D eigenvalue weighted by atomic mass is 32.1. The molecular formula is C14H17N3O2S. The maximum Gasteiger partial charge on any atom is 0.292 e. The highest BCUT2D eigenvalue weighted by Crippen LogP contribution is 2.28. The molecule has 5 nitrogen and oxygen atoms in total. The number of rotatable bonds is 3. The van der Waals surface area contributed by atoms with E-state index >= 15 is 0 Å². The zero-order valence-corrected chi connectivity index (χ0v) is 12.2. The lowest BCUT2D eigenvalue weighted by atomic mass is 9.98. The van der Waals surface area contributed by atoms with Crippen molar-refractivity contribution in [3.05, 3.63) is 34.1 Å². The third-order valence-electron chi connectivity index (χ3n) is 3.64. The number of carbonyl (C=O) groups excluding carboxylic acids is 1. The van der Waals surface area contributed by atoms with Crippen molar-refractivity contribution in [2.75, 3.05) is 13.1 Å². The summed E-state index contributed by atoms with van der Waals surface area (Å²) in [6.45, 7) is 3.49. The van der Waals surface area contributed by atoms with E-state index in [0.717, 1.165) is 36.5 Å². The van der Waals surface area contributed by atoms with Gasteiger partial charge >= 0.3 is 0 Å².